The molecule has 2 fully saturated rings. The smallest absolute Gasteiger partial charge is 0.235 e. The summed E-state index contributed by atoms with van der Waals surface area (Å²) in [5.41, 5.74) is 5.02. The Hall–Kier alpha value is -2.17. The zero-order chi connectivity index (χ0) is 27.0. The fourth-order valence-electron chi connectivity index (χ4n) is 5.41. The summed E-state index contributed by atoms with van der Waals surface area (Å²) >= 11 is 3.34. The summed E-state index contributed by atoms with van der Waals surface area (Å²) in [6, 6.07) is 8.06. The molecule has 206 valence electrons. The second-order valence-corrected chi connectivity index (χ2v) is 17.0. The van der Waals surface area contributed by atoms with Gasteiger partial charge < -0.3 is 10.1 Å². The summed E-state index contributed by atoms with van der Waals surface area (Å²) in [7, 11) is -0.570. The summed E-state index contributed by atoms with van der Waals surface area (Å²) in [5.74, 6) is 2.92. The van der Waals surface area contributed by atoms with Crippen LogP contribution in [0.2, 0.25) is 0 Å². The topological polar surface area (TPSA) is 97.7 Å². The summed E-state index contributed by atoms with van der Waals surface area (Å²) < 4.78 is 8.36. The zero-order valence-electron chi connectivity index (χ0n) is 23.0. The van der Waals surface area contributed by atoms with Crippen LogP contribution in [0.15, 0.2) is 29.0 Å². The van der Waals surface area contributed by atoms with Crippen molar-refractivity contribution in [1.82, 2.24) is 25.0 Å². The van der Waals surface area contributed by atoms with Gasteiger partial charge >= 0.3 is 0 Å². The van der Waals surface area contributed by atoms with Crippen LogP contribution in [0.3, 0.4) is 0 Å². The number of aromatic nitrogens is 5. The Balaban J connectivity index is 1.28. The monoisotopic (exact) mass is 602 g/mol. The SMILES string of the molecule is Cc1nn(COCCS(C)(C)C)c(C)c1-c1ccc(NC(=O)C(c2nc(Br)n[nH]2)C(C2CC2)C2CC2)cc1. The standard InChI is InChI=1S/C28H39BrN6O2S/c1-17-23(18(2)35(34-17)16-37-14-15-38(3,4)5)19-10-12-22(13-11-19)30-27(36)25(26-31-28(29)33-32-26)24(20-6-7-20)21-8-9-21/h10-13,20-21,24-25H,6-9,14-16H2,1-5H3,(H,30,36)(H,31,32,33). The molecule has 1 amide bonds. The average Bonchev–Trinajstić information content (AvgIpc) is 3.79. The molecule has 38 heavy (non-hydrogen) atoms. The van der Waals surface area contributed by atoms with Crippen molar-refractivity contribution < 1.29 is 9.53 Å². The van der Waals surface area contributed by atoms with E-state index in [1.165, 1.54) is 25.7 Å². The summed E-state index contributed by atoms with van der Waals surface area (Å²) in [4.78, 5) is 18.1. The number of benzene rings is 1. The molecule has 2 N–H and O–H groups in total. The van der Waals surface area contributed by atoms with Gasteiger partial charge in [0.05, 0.1) is 12.3 Å². The fourth-order valence-corrected chi connectivity index (χ4v) is 6.30. The van der Waals surface area contributed by atoms with Crippen molar-refractivity contribution in [2.45, 2.75) is 52.2 Å². The number of nitrogens with zero attached hydrogens (tertiary/aromatic N) is 4. The van der Waals surface area contributed by atoms with E-state index < -0.39 is 10.0 Å². The molecule has 1 atom stereocenters. The lowest BCUT2D eigenvalue weighted by molar-refractivity contribution is -0.119. The number of amides is 1. The highest BCUT2D eigenvalue weighted by atomic mass is 79.9. The van der Waals surface area contributed by atoms with Gasteiger partial charge in [0.15, 0.2) is 0 Å². The quantitative estimate of drug-likeness (QED) is 0.252. The summed E-state index contributed by atoms with van der Waals surface area (Å²) in [5, 5.41) is 15.0. The van der Waals surface area contributed by atoms with Gasteiger partial charge in [0, 0.05) is 22.7 Å². The summed E-state index contributed by atoms with van der Waals surface area (Å²) in [6.45, 7) is 5.32. The minimum atomic E-state index is -0.570. The van der Waals surface area contributed by atoms with Gasteiger partial charge in [-0.05, 0) is 110 Å². The summed E-state index contributed by atoms with van der Waals surface area (Å²) in [6.07, 6.45) is 11.7. The number of hydrogen-bond acceptors (Lipinski definition) is 5. The molecule has 1 aromatic carbocycles. The van der Waals surface area contributed by atoms with Crippen molar-refractivity contribution in [3.63, 3.8) is 0 Å². The maximum absolute atomic E-state index is 13.6. The number of rotatable bonds is 12. The fraction of sp³-hybridized carbons (Fsp3) is 0.571. The maximum atomic E-state index is 13.6. The zero-order valence-corrected chi connectivity index (χ0v) is 25.4. The van der Waals surface area contributed by atoms with Crippen LogP contribution < -0.4 is 5.32 Å². The Labute approximate surface area is 235 Å². The van der Waals surface area contributed by atoms with E-state index in [1.807, 2.05) is 23.7 Å². The van der Waals surface area contributed by atoms with Gasteiger partial charge in [-0.1, -0.05) is 12.1 Å². The first kappa shape index (κ1) is 27.4. The van der Waals surface area contributed by atoms with Gasteiger partial charge in [-0.15, -0.1) is 5.10 Å². The third kappa shape index (κ3) is 6.51. The van der Waals surface area contributed by atoms with Crippen LogP contribution in [0.25, 0.3) is 11.1 Å². The molecule has 8 nitrogen and oxygen atoms in total. The number of carbonyl (C=O) groups excluding carboxylic acids is 1. The van der Waals surface area contributed by atoms with Crippen molar-refractivity contribution in [3.05, 3.63) is 46.2 Å². The third-order valence-electron chi connectivity index (χ3n) is 7.65. The Kier molecular flexibility index (Phi) is 8.03. The number of halogens is 1. The molecule has 2 aromatic heterocycles. The molecule has 0 saturated heterocycles. The van der Waals surface area contributed by atoms with E-state index in [0.717, 1.165) is 40.6 Å². The van der Waals surface area contributed by atoms with Crippen LogP contribution in [0.1, 0.15) is 48.8 Å². The molecule has 0 aliphatic heterocycles. The Morgan fingerprint density at radius 2 is 1.82 bits per heavy atom. The van der Waals surface area contributed by atoms with Gasteiger partial charge in [-0.25, -0.2) is 19.7 Å². The number of anilines is 1. The number of aryl methyl sites for hydroxylation is 1. The molecular formula is C28H39BrN6O2S. The number of ether oxygens (including phenoxy) is 1. The number of carbonyl (C=O) groups is 1. The number of aromatic amines is 1. The molecular weight excluding hydrogens is 564 g/mol. The molecule has 0 radical (unpaired) electrons. The van der Waals surface area contributed by atoms with Crippen molar-refractivity contribution in [3.8, 4) is 11.1 Å². The van der Waals surface area contributed by atoms with E-state index in [1.54, 1.807) is 0 Å². The largest absolute Gasteiger partial charge is 0.358 e. The van der Waals surface area contributed by atoms with Crippen LogP contribution in [0.5, 0.6) is 0 Å². The van der Waals surface area contributed by atoms with Crippen LogP contribution >= 0.6 is 26.0 Å². The molecule has 3 aromatic rings. The Morgan fingerprint density at radius 1 is 1.16 bits per heavy atom. The highest BCUT2D eigenvalue weighted by molar-refractivity contribution is 9.10. The van der Waals surface area contributed by atoms with Crippen molar-refractivity contribution in [2.75, 3.05) is 36.4 Å². The predicted octanol–water partition coefficient (Wildman–Crippen LogP) is 5.87. The molecule has 2 aliphatic rings. The molecule has 2 heterocycles. The van der Waals surface area contributed by atoms with E-state index in [0.29, 0.717) is 35.0 Å². The lowest BCUT2D eigenvalue weighted by Gasteiger charge is -2.24. The normalized spacial score (nSPS) is 17.1. The molecule has 2 aliphatic carbocycles. The van der Waals surface area contributed by atoms with Crippen LogP contribution in [-0.4, -0.2) is 62.0 Å². The van der Waals surface area contributed by atoms with Crippen molar-refractivity contribution >= 4 is 37.6 Å². The number of nitrogens with one attached hydrogen (secondary N) is 2. The van der Waals surface area contributed by atoms with Crippen molar-refractivity contribution in [2.24, 2.45) is 17.8 Å². The van der Waals surface area contributed by atoms with Crippen LogP contribution in [0.4, 0.5) is 5.69 Å². The van der Waals surface area contributed by atoms with Crippen LogP contribution in [-0.2, 0) is 16.3 Å². The first-order chi connectivity index (χ1) is 18.1. The Morgan fingerprint density at radius 3 is 2.37 bits per heavy atom. The number of hydrogen-bond donors (Lipinski definition) is 2. The average molecular weight is 604 g/mol. The lowest BCUT2D eigenvalue weighted by atomic mass is 9.82. The van der Waals surface area contributed by atoms with E-state index in [9.17, 15) is 4.79 Å². The van der Waals surface area contributed by atoms with Crippen LogP contribution in [0, 0.1) is 31.6 Å². The van der Waals surface area contributed by atoms with Gasteiger partial charge in [0.2, 0.25) is 10.6 Å². The predicted molar refractivity (Wildman–Crippen MR) is 158 cm³/mol. The molecule has 2 saturated carbocycles. The molecule has 1 unspecified atom stereocenters. The highest BCUT2D eigenvalue weighted by Gasteiger charge is 2.49. The van der Waals surface area contributed by atoms with Gasteiger partial charge in [0.1, 0.15) is 18.5 Å². The second kappa shape index (κ2) is 11.1. The van der Waals surface area contributed by atoms with E-state index in [-0.39, 0.29) is 11.8 Å². The first-order valence-corrected chi connectivity index (χ1v) is 17.2. The Bertz CT molecular complexity index is 1260. The van der Waals surface area contributed by atoms with Gasteiger partial charge in [0.25, 0.3) is 0 Å². The number of H-pyrrole nitrogens is 1. The highest BCUT2D eigenvalue weighted by Crippen LogP contribution is 2.54. The first-order valence-electron chi connectivity index (χ1n) is 13.4. The molecule has 5 rings (SSSR count). The minimum Gasteiger partial charge on any atom is -0.358 e. The molecule has 0 bridgehead atoms. The second-order valence-electron chi connectivity index (χ2n) is 11.7. The van der Waals surface area contributed by atoms with Gasteiger partial charge in [-0.3, -0.25) is 9.89 Å². The molecule has 0 spiro atoms. The van der Waals surface area contributed by atoms with E-state index in [4.69, 9.17) is 9.84 Å². The van der Waals surface area contributed by atoms with Crippen molar-refractivity contribution in [1.29, 1.82) is 0 Å². The lowest BCUT2D eigenvalue weighted by Crippen LogP contribution is -2.31. The maximum Gasteiger partial charge on any atom is 0.235 e. The van der Waals surface area contributed by atoms with Gasteiger partial charge in [-0.2, -0.15) is 5.10 Å². The van der Waals surface area contributed by atoms with E-state index in [2.05, 4.69) is 74.3 Å². The minimum absolute atomic E-state index is 0.0142. The third-order valence-corrected chi connectivity index (χ3v) is 9.39. The molecule has 10 heteroatoms. The van der Waals surface area contributed by atoms with E-state index >= 15 is 0 Å².